The van der Waals surface area contributed by atoms with Gasteiger partial charge in [-0.1, -0.05) is 35.1 Å². The molecule has 0 aliphatic heterocycles. The summed E-state index contributed by atoms with van der Waals surface area (Å²) in [5.41, 5.74) is 3.72. The SMILES string of the molecule is CCOCCn1c(=NC(=O)c2ccc(C)c(C)c2)sc2cccc(Cl)c21. The van der Waals surface area contributed by atoms with Gasteiger partial charge in [-0.05, 0) is 56.2 Å². The second-order valence-corrected chi connectivity index (χ2v) is 7.45. The van der Waals surface area contributed by atoms with Gasteiger partial charge in [-0.15, -0.1) is 0 Å². The fraction of sp³-hybridized carbons (Fsp3) is 0.300. The average Bonchev–Trinajstić information content (AvgIpc) is 2.96. The summed E-state index contributed by atoms with van der Waals surface area (Å²) < 4.78 is 8.45. The van der Waals surface area contributed by atoms with Crippen LogP contribution in [0.25, 0.3) is 10.2 Å². The fourth-order valence-corrected chi connectivity index (χ4v) is 4.12. The maximum absolute atomic E-state index is 12.7. The highest BCUT2D eigenvalue weighted by atomic mass is 35.5. The van der Waals surface area contributed by atoms with Gasteiger partial charge in [0.2, 0.25) is 0 Å². The van der Waals surface area contributed by atoms with E-state index in [0.29, 0.717) is 35.1 Å². The van der Waals surface area contributed by atoms with Gasteiger partial charge in [-0.2, -0.15) is 4.99 Å². The molecule has 2 aromatic carbocycles. The third-order valence-corrected chi connectivity index (χ3v) is 5.61. The van der Waals surface area contributed by atoms with E-state index in [0.717, 1.165) is 21.3 Å². The number of amides is 1. The largest absolute Gasteiger partial charge is 0.380 e. The minimum atomic E-state index is -0.249. The molecular weight excluding hydrogens is 368 g/mol. The summed E-state index contributed by atoms with van der Waals surface area (Å²) >= 11 is 7.86. The standard InChI is InChI=1S/C20H21ClN2O2S/c1-4-25-11-10-23-18-16(21)6-5-7-17(18)26-20(23)22-19(24)15-9-8-13(2)14(3)12-15/h5-9,12H,4,10-11H2,1-3H3. The van der Waals surface area contributed by atoms with Gasteiger partial charge in [0.05, 0.1) is 21.8 Å². The zero-order valence-corrected chi connectivity index (χ0v) is 16.7. The Morgan fingerprint density at radius 2 is 2.04 bits per heavy atom. The van der Waals surface area contributed by atoms with E-state index < -0.39 is 0 Å². The van der Waals surface area contributed by atoms with Crippen LogP contribution in [0.1, 0.15) is 28.4 Å². The van der Waals surface area contributed by atoms with Crippen LogP contribution in [0.5, 0.6) is 0 Å². The highest BCUT2D eigenvalue weighted by Gasteiger charge is 2.12. The van der Waals surface area contributed by atoms with Crippen molar-refractivity contribution in [3.63, 3.8) is 0 Å². The Morgan fingerprint density at radius 3 is 2.77 bits per heavy atom. The number of ether oxygens (including phenoxy) is 1. The van der Waals surface area contributed by atoms with E-state index >= 15 is 0 Å². The van der Waals surface area contributed by atoms with Crippen LogP contribution in [0.3, 0.4) is 0 Å². The molecular formula is C20H21ClN2O2S. The molecule has 1 amide bonds. The molecule has 0 bridgehead atoms. The Kier molecular flexibility index (Phi) is 5.91. The highest BCUT2D eigenvalue weighted by Crippen LogP contribution is 2.25. The Labute approximate surface area is 161 Å². The minimum Gasteiger partial charge on any atom is -0.380 e. The molecule has 0 saturated carbocycles. The number of aromatic nitrogens is 1. The van der Waals surface area contributed by atoms with Crippen LogP contribution in [-0.2, 0) is 11.3 Å². The van der Waals surface area contributed by atoms with Crippen molar-refractivity contribution in [2.75, 3.05) is 13.2 Å². The van der Waals surface area contributed by atoms with Crippen molar-refractivity contribution in [3.05, 3.63) is 62.9 Å². The maximum atomic E-state index is 12.7. The number of aryl methyl sites for hydroxylation is 2. The van der Waals surface area contributed by atoms with Crippen molar-refractivity contribution < 1.29 is 9.53 Å². The van der Waals surface area contributed by atoms with E-state index in [1.165, 1.54) is 11.3 Å². The molecule has 3 aromatic rings. The lowest BCUT2D eigenvalue weighted by atomic mass is 10.1. The molecule has 0 N–H and O–H groups in total. The predicted molar refractivity (Wildman–Crippen MR) is 107 cm³/mol. The lowest BCUT2D eigenvalue weighted by molar-refractivity contribution is 0.0996. The third-order valence-electron chi connectivity index (χ3n) is 4.27. The number of carbonyl (C=O) groups excluding carboxylic acids is 1. The number of nitrogens with zero attached hydrogens (tertiary/aromatic N) is 2. The molecule has 26 heavy (non-hydrogen) atoms. The topological polar surface area (TPSA) is 43.6 Å². The number of hydrogen-bond acceptors (Lipinski definition) is 3. The predicted octanol–water partition coefficient (Wildman–Crippen LogP) is 4.75. The molecule has 0 unspecified atom stereocenters. The normalized spacial score (nSPS) is 12.1. The van der Waals surface area contributed by atoms with Gasteiger partial charge >= 0.3 is 0 Å². The maximum Gasteiger partial charge on any atom is 0.279 e. The molecule has 0 aliphatic carbocycles. The first kappa shape index (κ1) is 18.8. The summed E-state index contributed by atoms with van der Waals surface area (Å²) in [6, 6.07) is 11.4. The van der Waals surface area contributed by atoms with Gasteiger partial charge in [0, 0.05) is 18.7 Å². The summed E-state index contributed by atoms with van der Waals surface area (Å²) in [6.07, 6.45) is 0. The molecule has 6 heteroatoms. The quantitative estimate of drug-likeness (QED) is 0.592. The van der Waals surface area contributed by atoms with E-state index in [4.69, 9.17) is 16.3 Å². The average molecular weight is 389 g/mol. The molecule has 3 rings (SSSR count). The Bertz CT molecular complexity index is 1020. The molecule has 4 nitrogen and oxygen atoms in total. The summed E-state index contributed by atoms with van der Waals surface area (Å²) in [5, 5.41) is 0.648. The Balaban J connectivity index is 2.08. The van der Waals surface area contributed by atoms with Crippen molar-refractivity contribution in [2.45, 2.75) is 27.3 Å². The van der Waals surface area contributed by atoms with Crippen LogP contribution in [-0.4, -0.2) is 23.7 Å². The first-order chi connectivity index (χ1) is 12.5. The van der Waals surface area contributed by atoms with Crippen LogP contribution in [0.4, 0.5) is 0 Å². The first-order valence-electron chi connectivity index (χ1n) is 8.53. The number of halogens is 1. The van der Waals surface area contributed by atoms with Crippen molar-refractivity contribution >= 4 is 39.1 Å². The highest BCUT2D eigenvalue weighted by molar-refractivity contribution is 7.16. The molecule has 0 atom stereocenters. The number of fused-ring (bicyclic) bond motifs is 1. The van der Waals surface area contributed by atoms with Crippen LogP contribution < -0.4 is 4.80 Å². The Morgan fingerprint density at radius 1 is 1.23 bits per heavy atom. The third kappa shape index (κ3) is 3.90. The molecule has 0 saturated heterocycles. The summed E-state index contributed by atoms with van der Waals surface area (Å²) in [7, 11) is 0. The van der Waals surface area contributed by atoms with Gasteiger partial charge in [0.1, 0.15) is 0 Å². The first-order valence-corrected chi connectivity index (χ1v) is 9.72. The number of para-hydroxylation sites is 1. The van der Waals surface area contributed by atoms with E-state index in [1.54, 1.807) is 0 Å². The van der Waals surface area contributed by atoms with Gasteiger partial charge in [-0.3, -0.25) is 4.79 Å². The molecule has 136 valence electrons. The zero-order valence-electron chi connectivity index (χ0n) is 15.1. The van der Waals surface area contributed by atoms with Crippen molar-refractivity contribution in [2.24, 2.45) is 4.99 Å². The van der Waals surface area contributed by atoms with E-state index in [-0.39, 0.29) is 5.91 Å². The fourth-order valence-electron chi connectivity index (χ4n) is 2.71. The minimum absolute atomic E-state index is 0.249. The molecule has 0 aliphatic rings. The zero-order chi connectivity index (χ0) is 18.7. The smallest absolute Gasteiger partial charge is 0.279 e. The molecule has 0 fully saturated rings. The lowest BCUT2D eigenvalue weighted by Crippen LogP contribution is -2.20. The van der Waals surface area contributed by atoms with Gasteiger partial charge < -0.3 is 9.30 Å². The van der Waals surface area contributed by atoms with Gasteiger partial charge in [-0.25, -0.2) is 0 Å². The van der Waals surface area contributed by atoms with Crippen LogP contribution in [0.2, 0.25) is 5.02 Å². The second kappa shape index (κ2) is 8.16. The Hall–Kier alpha value is -1.95. The summed E-state index contributed by atoms with van der Waals surface area (Å²) in [4.78, 5) is 17.7. The summed E-state index contributed by atoms with van der Waals surface area (Å²) in [5.74, 6) is -0.249. The van der Waals surface area contributed by atoms with E-state index in [9.17, 15) is 4.79 Å². The number of thiazole rings is 1. The van der Waals surface area contributed by atoms with Gasteiger partial charge in [0.25, 0.3) is 5.91 Å². The van der Waals surface area contributed by atoms with E-state index in [2.05, 4.69) is 4.99 Å². The van der Waals surface area contributed by atoms with Crippen molar-refractivity contribution in [1.82, 2.24) is 4.57 Å². The number of benzene rings is 2. The van der Waals surface area contributed by atoms with Crippen LogP contribution in [0.15, 0.2) is 41.4 Å². The summed E-state index contributed by atoms with van der Waals surface area (Å²) in [6.45, 7) is 7.75. The molecule has 0 radical (unpaired) electrons. The molecule has 0 spiro atoms. The van der Waals surface area contributed by atoms with Crippen LogP contribution in [0, 0.1) is 13.8 Å². The van der Waals surface area contributed by atoms with Gasteiger partial charge in [0.15, 0.2) is 4.80 Å². The van der Waals surface area contributed by atoms with Crippen molar-refractivity contribution in [1.29, 1.82) is 0 Å². The van der Waals surface area contributed by atoms with E-state index in [1.807, 2.05) is 61.7 Å². The second-order valence-electron chi connectivity index (χ2n) is 6.04. The number of hydrogen-bond donors (Lipinski definition) is 0. The number of rotatable bonds is 5. The number of carbonyl (C=O) groups is 1. The lowest BCUT2D eigenvalue weighted by Gasteiger charge is -2.06. The van der Waals surface area contributed by atoms with Crippen LogP contribution >= 0.6 is 22.9 Å². The molecule has 1 aromatic heterocycles. The molecule has 1 heterocycles. The van der Waals surface area contributed by atoms with Crippen molar-refractivity contribution in [3.8, 4) is 0 Å². The monoisotopic (exact) mass is 388 g/mol.